The van der Waals surface area contributed by atoms with E-state index < -0.39 is 11.7 Å². The highest BCUT2D eigenvalue weighted by Gasteiger charge is 2.26. The van der Waals surface area contributed by atoms with E-state index in [1.807, 2.05) is 13.8 Å². The highest BCUT2D eigenvalue weighted by Crippen LogP contribution is 2.31. The van der Waals surface area contributed by atoms with E-state index in [1.165, 1.54) is 0 Å². The number of aliphatic hydroxyl groups excluding tert-OH is 1. The molecule has 4 heteroatoms. The van der Waals surface area contributed by atoms with Crippen molar-refractivity contribution in [1.29, 1.82) is 0 Å². The molecule has 0 aliphatic rings. The first-order chi connectivity index (χ1) is 8.77. The van der Waals surface area contributed by atoms with Gasteiger partial charge in [0.15, 0.2) is 11.5 Å². The maximum Gasteiger partial charge on any atom is 0.161 e. The van der Waals surface area contributed by atoms with Gasteiger partial charge in [0.2, 0.25) is 0 Å². The van der Waals surface area contributed by atoms with Crippen LogP contribution in [-0.4, -0.2) is 29.5 Å². The lowest BCUT2D eigenvalue weighted by Crippen LogP contribution is -2.37. The van der Waals surface area contributed by atoms with Crippen molar-refractivity contribution in [3.05, 3.63) is 23.8 Å². The topological polar surface area (TPSA) is 58.9 Å². The monoisotopic (exact) mass is 268 g/mol. The zero-order valence-corrected chi connectivity index (χ0v) is 12.3. The summed E-state index contributed by atoms with van der Waals surface area (Å²) in [5.74, 6) is 1.21. The first-order valence-electron chi connectivity index (χ1n) is 6.49. The summed E-state index contributed by atoms with van der Waals surface area (Å²) in [6, 6.07) is 5.27. The van der Waals surface area contributed by atoms with E-state index >= 15 is 0 Å². The molecule has 108 valence electrons. The number of rotatable bonds is 6. The summed E-state index contributed by atoms with van der Waals surface area (Å²) in [5, 5.41) is 19.7. The van der Waals surface area contributed by atoms with Crippen LogP contribution < -0.4 is 9.47 Å². The van der Waals surface area contributed by atoms with Gasteiger partial charge >= 0.3 is 0 Å². The van der Waals surface area contributed by atoms with Crippen LogP contribution in [-0.2, 0) is 0 Å². The molecule has 0 radical (unpaired) electrons. The van der Waals surface area contributed by atoms with Gasteiger partial charge in [-0.15, -0.1) is 0 Å². The summed E-state index contributed by atoms with van der Waals surface area (Å²) in [7, 11) is 1.55. The summed E-state index contributed by atoms with van der Waals surface area (Å²) < 4.78 is 10.9. The number of methoxy groups -OCH3 is 1. The van der Waals surface area contributed by atoms with Gasteiger partial charge in [-0.05, 0) is 37.5 Å². The molecule has 0 amide bonds. The Morgan fingerprint density at radius 2 is 1.84 bits per heavy atom. The summed E-state index contributed by atoms with van der Waals surface area (Å²) in [6.45, 7) is 7.51. The van der Waals surface area contributed by atoms with Crippen molar-refractivity contribution in [2.24, 2.45) is 5.92 Å². The van der Waals surface area contributed by atoms with Gasteiger partial charge in [0.1, 0.15) is 6.61 Å². The van der Waals surface area contributed by atoms with Gasteiger partial charge in [0.05, 0.1) is 18.8 Å². The molecular weight excluding hydrogens is 244 g/mol. The Hall–Kier alpha value is -1.26. The lowest BCUT2D eigenvalue weighted by atomic mass is 9.94. The Morgan fingerprint density at radius 3 is 2.32 bits per heavy atom. The van der Waals surface area contributed by atoms with Gasteiger partial charge < -0.3 is 19.7 Å². The Balaban J connectivity index is 2.84. The number of ether oxygens (including phenoxy) is 2. The van der Waals surface area contributed by atoms with Crippen LogP contribution in [0.4, 0.5) is 0 Å². The minimum Gasteiger partial charge on any atom is -0.493 e. The van der Waals surface area contributed by atoms with Gasteiger partial charge in [-0.3, -0.25) is 0 Å². The molecule has 0 aromatic heterocycles. The molecule has 0 fully saturated rings. The second-order valence-electron chi connectivity index (χ2n) is 5.39. The van der Waals surface area contributed by atoms with E-state index in [4.69, 9.17) is 9.47 Å². The Labute approximate surface area is 115 Å². The van der Waals surface area contributed by atoms with Gasteiger partial charge in [-0.1, -0.05) is 19.9 Å². The van der Waals surface area contributed by atoms with Gasteiger partial charge in [-0.25, -0.2) is 0 Å². The molecule has 2 atom stereocenters. The number of benzene rings is 1. The molecule has 2 N–H and O–H groups in total. The SMILES string of the molecule is COc1cc([C@H](C)O)ccc1OCC(C)(O)C(C)C. The fourth-order valence-corrected chi connectivity index (χ4v) is 1.45. The molecule has 1 rings (SSSR count). The molecule has 0 bridgehead atoms. The number of hydrogen-bond acceptors (Lipinski definition) is 4. The Kier molecular flexibility index (Phi) is 5.20. The van der Waals surface area contributed by atoms with Crippen LogP contribution in [0.2, 0.25) is 0 Å². The molecule has 0 aliphatic heterocycles. The van der Waals surface area contributed by atoms with E-state index in [1.54, 1.807) is 39.2 Å². The molecule has 0 saturated heterocycles. The maximum absolute atomic E-state index is 10.2. The second kappa shape index (κ2) is 6.26. The minimum atomic E-state index is -0.895. The molecule has 0 aliphatic carbocycles. The van der Waals surface area contributed by atoms with Crippen molar-refractivity contribution in [3.8, 4) is 11.5 Å². The Bertz CT molecular complexity index is 411. The highest BCUT2D eigenvalue weighted by molar-refractivity contribution is 5.43. The third kappa shape index (κ3) is 4.11. The normalized spacial score (nSPS) is 16.0. The number of aliphatic hydroxyl groups is 2. The van der Waals surface area contributed by atoms with Crippen LogP contribution in [0.25, 0.3) is 0 Å². The third-order valence-electron chi connectivity index (χ3n) is 3.43. The summed E-state index contributed by atoms with van der Waals surface area (Å²) in [5.41, 5.74) is -0.131. The summed E-state index contributed by atoms with van der Waals surface area (Å²) >= 11 is 0. The van der Waals surface area contributed by atoms with E-state index in [9.17, 15) is 10.2 Å². The smallest absolute Gasteiger partial charge is 0.161 e. The molecule has 19 heavy (non-hydrogen) atoms. The van der Waals surface area contributed by atoms with E-state index in [0.29, 0.717) is 11.5 Å². The van der Waals surface area contributed by atoms with Gasteiger partial charge in [-0.2, -0.15) is 0 Å². The Morgan fingerprint density at radius 1 is 1.21 bits per heavy atom. The number of hydrogen-bond donors (Lipinski definition) is 2. The van der Waals surface area contributed by atoms with Crippen LogP contribution in [0.3, 0.4) is 0 Å². The predicted octanol–water partition coefficient (Wildman–Crippen LogP) is 2.53. The van der Waals surface area contributed by atoms with E-state index in [-0.39, 0.29) is 12.5 Å². The van der Waals surface area contributed by atoms with E-state index in [0.717, 1.165) is 5.56 Å². The first kappa shape index (κ1) is 15.8. The standard InChI is InChI=1S/C15H24O4/c1-10(2)15(4,17)9-19-13-7-6-12(11(3)16)8-14(13)18-5/h6-8,10-11,16-17H,9H2,1-5H3/t11-,15?/m0/s1. The van der Waals surface area contributed by atoms with Crippen LogP contribution in [0.5, 0.6) is 11.5 Å². The van der Waals surface area contributed by atoms with Crippen LogP contribution >= 0.6 is 0 Å². The van der Waals surface area contributed by atoms with Crippen molar-refractivity contribution in [2.45, 2.75) is 39.4 Å². The highest BCUT2D eigenvalue weighted by atomic mass is 16.5. The molecular formula is C15H24O4. The van der Waals surface area contributed by atoms with Crippen molar-refractivity contribution in [1.82, 2.24) is 0 Å². The zero-order chi connectivity index (χ0) is 14.6. The van der Waals surface area contributed by atoms with Crippen molar-refractivity contribution >= 4 is 0 Å². The first-order valence-corrected chi connectivity index (χ1v) is 6.49. The summed E-state index contributed by atoms with van der Waals surface area (Å²) in [4.78, 5) is 0. The average molecular weight is 268 g/mol. The quantitative estimate of drug-likeness (QED) is 0.832. The molecule has 1 unspecified atom stereocenters. The zero-order valence-electron chi connectivity index (χ0n) is 12.3. The van der Waals surface area contributed by atoms with Crippen molar-refractivity contribution in [2.75, 3.05) is 13.7 Å². The molecule has 1 aromatic rings. The predicted molar refractivity (Wildman–Crippen MR) is 74.6 cm³/mol. The average Bonchev–Trinajstić information content (AvgIpc) is 2.35. The third-order valence-corrected chi connectivity index (χ3v) is 3.43. The fraction of sp³-hybridized carbons (Fsp3) is 0.600. The molecule has 0 spiro atoms. The summed E-state index contributed by atoms with van der Waals surface area (Å²) in [6.07, 6.45) is -0.554. The minimum absolute atomic E-state index is 0.0928. The van der Waals surface area contributed by atoms with Crippen molar-refractivity contribution in [3.63, 3.8) is 0 Å². The lowest BCUT2D eigenvalue weighted by Gasteiger charge is -2.27. The fourth-order valence-electron chi connectivity index (χ4n) is 1.45. The largest absolute Gasteiger partial charge is 0.493 e. The van der Waals surface area contributed by atoms with Crippen LogP contribution in [0.15, 0.2) is 18.2 Å². The van der Waals surface area contributed by atoms with Crippen molar-refractivity contribution < 1.29 is 19.7 Å². The molecule has 4 nitrogen and oxygen atoms in total. The molecule has 1 aromatic carbocycles. The molecule has 0 saturated carbocycles. The molecule has 0 heterocycles. The van der Waals surface area contributed by atoms with Crippen LogP contribution in [0, 0.1) is 5.92 Å². The van der Waals surface area contributed by atoms with Gasteiger partial charge in [0.25, 0.3) is 0 Å². The van der Waals surface area contributed by atoms with Crippen LogP contribution in [0.1, 0.15) is 39.4 Å². The maximum atomic E-state index is 10.2. The van der Waals surface area contributed by atoms with E-state index in [2.05, 4.69) is 0 Å². The second-order valence-corrected chi connectivity index (χ2v) is 5.39. The van der Waals surface area contributed by atoms with Gasteiger partial charge in [0, 0.05) is 0 Å². The lowest BCUT2D eigenvalue weighted by molar-refractivity contribution is -0.0271.